The highest BCUT2D eigenvalue weighted by molar-refractivity contribution is 6.07. The zero-order valence-corrected chi connectivity index (χ0v) is 28.3. The molecule has 12 heteroatoms. The average molecular weight is 693 g/mol. The number of carbonyl (C=O) groups excluding carboxylic acids is 4. The Morgan fingerprint density at radius 1 is 0.569 bits per heavy atom. The van der Waals surface area contributed by atoms with Crippen molar-refractivity contribution >= 4 is 35.1 Å². The molecule has 7 rings (SSSR count). The van der Waals surface area contributed by atoms with Crippen LogP contribution < -0.4 is 19.3 Å². The number of rotatable bonds is 10. The maximum absolute atomic E-state index is 13.8. The standard InChI is InChI=1S/C39H36N2O10/c1-39(2)50-33(37(44)48-31-29(23-11-7-5-8-12-23)40(35(31)42)25-15-19-27(46-3)20-16-25)34(51-39)38(45)49-32-30(24-13-9-6-10-14-24)41(36(32)43)26-17-21-28(47-4)22-18-26/h5-22,29-34H,1-4H3/t29-,30-,31+,32+,33+,34+/m0/s1. The van der Waals surface area contributed by atoms with Gasteiger partial charge in [0.2, 0.25) is 12.2 Å². The van der Waals surface area contributed by atoms with Gasteiger partial charge in [-0.05, 0) is 73.5 Å². The molecule has 3 fully saturated rings. The Bertz CT molecular complexity index is 1780. The van der Waals surface area contributed by atoms with E-state index >= 15 is 0 Å². The quantitative estimate of drug-likeness (QED) is 0.167. The molecular formula is C39H36N2O10. The highest BCUT2D eigenvalue weighted by Gasteiger charge is 2.58. The third kappa shape index (κ3) is 6.28. The Labute approximate surface area is 294 Å². The van der Waals surface area contributed by atoms with Crippen molar-refractivity contribution in [1.29, 1.82) is 0 Å². The molecule has 0 spiro atoms. The Kier molecular flexibility index (Phi) is 8.96. The fraction of sp³-hybridized carbons (Fsp3) is 0.282. The van der Waals surface area contributed by atoms with Gasteiger partial charge < -0.3 is 28.4 Å². The van der Waals surface area contributed by atoms with Gasteiger partial charge in [-0.15, -0.1) is 0 Å². The predicted molar refractivity (Wildman–Crippen MR) is 183 cm³/mol. The summed E-state index contributed by atoms with van der Waals surface area (Å²) in [6.45, 7) is 3.08. The van der Waals surface area contributed by atoms with E-state index in [9.17, 15) is 19.2 Å². The Morgan fingerprint density at radius 2 is 0.922 bits per heavy atom. The Morgan fingerprint density at radius 3 is 1.25 bits per heavy atom. The molecule has 0 N–H and O–H groups in total. The first-order valence-corrected chi connectivity index (χ1v) is 16.4. The monoisotopic (exact) mass is 692 g/mol. The van der Waals surface area contributed by atoms with Crippen molar-refractivity contribution in [2.24, 2.45) is 0 Å². The summed E-state index contributed by atoms with van der Waals surface area (Å²) in [5.74, 6) is -3.00. The number of hydrogen-bond donors (Lipinski definition) is 0. The highest BCUT2D eigenvalue weighted by atomic mass is 16.8. The van der Waals surface area contributed by atoms with E-state index in [4.69, 9.17) is 28.4 Å². The van der Waals surface area contributed by atoms with Crippen LogP contribution in [0.15, 0.2) is 109 Å². The lowest BCUT2D eigenvalue weighted by Gasteiger charge is -2.46. The van der Waals surface area contributed by atoms with Crippen LogP contribution in [-0.4, -0.2) is 68.2 Å². The van der Waals surface area contributed by atoms with E-state index in [0.29, 0.717) is 22.9 Å². The normalized spacial score (nSPS) is 25.0. The predicted octanol–water partition coefficient (Wildman–Crippen LogP) is 4.92. The summed E-state index contributed by atoms with van der Waals surface area (Å²) in [5.41, 5.74) is 2.66. The van der Waals surface area contributed by atoms with E-state index in [1.54, 1.807) is 76.6 Å². The molecule has 3 heterocycles. The number of esters is 2. The molecule has 6 atom stereocenters. The summed E-state index contributed by atoms with van der Waals surface area (Å²) in [6, 6.07) is 30.9. The SMILES string of the molecule is COc1ccc(N2C(=O)[C@H](OC(=O)[C@@H]3OC(C)(C)O[C@H]3C(=O)O[C@H]3C(=O)N(c4ccc(OC)cc4)[C@H]3c3ccccc3)[C@@H]2c2ccccc2)cc1. The van der Waals surface area contributed by atoms with E-state index < -0.39 is 66.0 Å². The Hall–Kier alpha value is -5.72. The summed E-state index contributed by atoms with van der Waals surface area (Å²) in [7, 11) is 3.10. The van der Waals surface area contributed by atoms with Gasteiger partial charge in [0.25, 0.3) is 11.8 Å². The summed E-state index contributed by atoms with van der Waals surface area (Å²) < 4.78 is 33.9. The number of amides is 2. The van der Waals surface area contributed by atoms with E-state index in [1.807, 2.05) is 60.7 Å². The Balaban J connectivity index is 1.10. The van der Waals surface area contributed by atoms with Crippen molar-refractivity contribution in [3.8, 4) is 11.5 Å². The van der Waals surface area contributed by atoms with Crippen molar-refractivity contribution in [2.75, 3.05) is 24.0 Å². The molecule has 0 saturated carbocycles. The van der Waals surface area contributed by atoms with Gasteiger partial charge in [-0.1, -0.05) is 60.7 Å². The molecule has 0 aromatic heterocycles. The lowest BCUT2D eigenvalue weighted by Crippen LogP contribution is -2.62. The lowest BCUT2D eigenvalue weighted by atomic mass is 9.89. The van der Waals surface area contributed by atoms with E-state index in [1.165, 1.54) is 9.80 Å². The number of hydrogen-bond acceptors (Lipinski definition) is 10. The molecule has 2 amide bonds. The van der Waals surface area contributed by atoms with Gasteiger partial charge in [-0.2, -0.15) is 0 Å². The molecule has 0 radical (unpaired) electrons. The highest BCUT2D eigenvalue weighted by Crippen LogP contribution is 2.44. The molecule has 0 bridgehead atoms. The van der Waals surface area contributed by atoms with Crippen LogP contribution in [0.4, 0.5) is 11.4 Å². The number of carbonyl (C=O) groups is 4. The van der Waals surface area contributed by atoms with Gasteiger partial charge >= 0.3 is 11.9 Å². The second kappa shape index (κ2) is 13.5. The number of benzene rings is 4. The molecule has 3 saturated heterocycles. The molecule has 3 aliphatic rings. The summed E-state index contributed by atoms with van der Waals surface area (Å²) in [6.07, 6.45) is -5.57. The summed E-state index contributed by atoms with van der Waals surface area (Å²) in [5, 5.41) is 0. The van der Waals surface area contributed by atoms with Crippen molar-refractivity contribution in [1.82, 2.24) is 0 Å². The smallest absolute Gasteiger partial charge is 0.339 e. The van der Waals surface area contributed by atoms with Crippen LogP contribution in [0.3, 0.4) is 0 Å². The molecule has 0 aliphatic carbocycles. The van der Waals surface area contributed by atoms with Crippen LogP contribution in [0.2, 0.25) is 0 Å². The number of anilines is 2. The molecule has 12 nitrogen and oxygen atoms in total. The number of β-lactam (4-membered cyclic amide) rings is 2. The first kappa shape index (κ1) is 33.8. The van der Waals surface area contributed by atoms with Gasteiger partial charge in [0.1, 0.15) is 23.6 Å². The molecule has 51 heavy (non-hydrogen) atoms. The minimum Gasteiger partial charge on any atom is -0.497 e. The first-order valence-electron chi connectivity index (χ1n) is 16.4. The van der Waals surface area contributed by atoms with Crippen LogP contribution in [0.5, 0.6) is 11.5 Å². The zero-order chi connectivity index (χ0) is 35.9. The van der Waals surface area contributed by atoms with Gasteiger partial charge in [0.05, 0.1) is 14.2 Å². The minimum absolute atomic E-state index is 0.455. The van der Waals surface area contributed by atoms with Crippen LogP contribution in [0, 0.1) is 0 Å². The lowest BCUT2D eigenvalue weighted by molar-refractivity contribution is -0.181. The minimum atomic E-state index is -1.57. The molecular weight excluding hydrogens is 656 g/mol. The van der Waals surface area contributed by atoms with Gasteiger partial charge in [0.15, 0.2) is 18.0 Å². The number of methoxy groups -OCH3 is 2. The maximum Gasteiger partial charge on any atom is 0.339 e. The van der Waals surface area contributed by atoms with Crippen molar-refractivity contribution in [3.63, 3.8) is 0 Å². The van der Waals surface area contributed by atoms with Crippen LogP contribution in [0.25, 0.3) is 0 Å². The van der Waals surface area contributed by atoms with Gasteiger partial charge in [-0.25, -0.2) is 9.59 Å². The molecule has 3 aliphatic heterocycles. The summed E-state index contributed by atoms with van der Waals surface area (Å²) in [4.78, 5) is 57.8. The van der Waals surface area contributed by atoms with Crippen molar-refractivity contribution in [3.05, 3.63) is 120 Å². The fourth-order valence-electron chi connectivity index (χ4n) is 6.65. The van der Waals surface area contributed by atoms with Crippen LogP contribution in [0.1, 0.15) is 37.1 Å². The average Bonchev–Trinajstić information content (AvgIpc) is 3.49. The first-order chi connectivity index (χ1) is 24.6. The van der Waals surface area contributed by atoms with E-state index in [-0.39, 0.29) is 0 Å². The second-order valence-electron chi connectivity index (χ2n) is 12.7. The molecule has 4 aromatic rings. The number of ether oxygens (including phenoxy) is 6. The van der Waals surface area contributed by atoms with Crippen LogP contribution >= 0.6 is 0 Å². The fourth-order valence-corrected chi connectivity index (χ4v) is 6.65. The zero-order valence-electron chi connectivity index (χ0n) is 28.3. The molecule has 0 unspecified atom stereocenters. The van der Waals surface area contributed by atoms with Crippen molar-refractivity contribution in [2.45, 2.75) is 56.1 Å². The second-order valence-corrected chi connectivity index (χ2v) is 12.7. The van der Waals surface area contributed by atoms with Gasteiger partial charge in [-0.3, -0.25) is 19.4 Å². The van der Waals surface area contributed by atoms with E-state index in [0.717, 1.165) is 11.1 Å². The molecule has 262 valence electrons. The third-order valence-corrected chi connectivity index (χ3v) is 9.12. The van der Waals surface area contributed by atoms with Crippen LogP contribution in [-0.2, 0) is 38.1 Å². The molecule has 4 aromatic carbocycles. The topological polar surface area (TPSA) is 130 Å². The number of nitrogens with zero attached hydrogens (tertiary/aromatic N) is 2. The van der Waals surface area contributed by atoms with Gasteiger partial charge in [0, 0.05) is 11.4 Å². The maximum atomic E-state index is 13.8. The van der Waals surface area contributed by atoms with Crippen molar-refractivity contribution < 1.29 is 47.6 Å². The largest absolute Gasteiger partial charge is 0.497 e. The third-order valence-electron chi connectivity index (χ3n) is 9.12. The van der Waals surface area contributed by atoms with E-state index in [2.05, 4.69) is 0 Å². The summed E-state index contributed by atoms with van der Waals surface area (Å²) >= 11 is 0.